The number of rotatable bonds is 7. The number of nitrogens with one attached hydrogen (secondary N) is 2. The van der Waals surface area contributed by atoms with Gasteiger partial charge in [0.1, 0.15) is 17.8 Å². The first-order chi connectivity index (χ1) is 13.1. The lowest BCUT2D eigenvalue weighted by atomic mass is 10.2. The summed E-state index contributed by atoms with van der Waals surface area (Å²) in [5.41, 5.74) is 2.92. The average Bonchev–Trinajstić information content (AvgIpc) is 2.95. The van der Waals surface area contributed by atoms with Gasteiger partial charge in [-0.25, -0.2) is 0 Å². The van der Waals surface area contributed by atoms with Crippen molar-refractivity contribution in [1.82, 2.24) is 15.2 Å². The third-order valence-corrected chi connectivity index (χ3v) is 4.48. The van der Waals surface area contributed by atoms with Crippen LogP contribution < -0.4 is 15.4 Å². The zero-order valence-electron chi connectivity index (χ0n) is 16.6. The Morgan fingerprint density at radius 3 is 2.18 bits per heavy atom. The van der Waals surface area contributed by atoms with Crippen LogP contribution in [0, 0.1) is 13.8 Å². The second-order valence-corrected chi connectivity index (χ2v) is 6.58. The van der Waals surface area contributed by atoms with E-state index in [2.05, 4.69) is 10.6 Å². The normalized spacial score (nSPS) is 12.8. The summed E-state index contributed by atoms with van der Waals surface area (Å²) in [5.74, 6) is -1.37. The molecule has 28 heavy (non-hydrogen) atoms. The summed E-state index contributed by atoms with van der Waals surface area (Å²) in [5, 5.41) is 13.8. The van der Waals surface area contributed by atoms with Crippen molar-refractivity contribution in [3.05, 3.63) is 47.3 Å². The number of nitrogens with zero attached hydrogens (tertiary/aromatic N) is 1. The van der Waals surface area contributed by atoms with E-state index in [4.69, 9.17) is 9.84 Å². The number of aromatic nitrogens is 1. The van der Waals surface area contributed by atoms with E-state index in [1.165, 1.54) is 13.8 Å². The van der Waals surface area contributed by atoms with Crippen molar-refractivity contribution < 1.29 is 24.2 Å². The molecule has 1 aromatic carbocycles. The maximum Gasteiger partial charge on any atom is 0.325 e. The zero-order valence-corrected chi connectivity index (χ0v) is 16.6. The topological polar surface area (TPSA) is 110 Å². The van der Waals surface area contributed by atoms with Gasteiger partial charge in [0.25, 0.3) is 5.91 Å². The number of carboxylic acids is 1. The summed E-state index contributed by atoms with van der Waals surface area (Å²) in [6.45, 7) is 6.57. The van der Waals surface area contributed by atoms with Crippen LogP contribution in [0.2, 0.25) is 0 Å². The highest BCUT2D eigenvalue weighted by Gasteiger charge is 2.23. The molecule has 2 amide bonds. The van der Waals surface area contributed by atoms with Crippen LogP contribution in [0.5, 0.6) is 5.75 Å². The van der Waals surface area contributed by atoms with Gasteiger partial charge in [0.05, 0.1) is 12.7 Å². The van der Waals surface area contributed by atoms with E-state index in [0.717, 1.165) is 22.8 Å². The van der Waals surface area contributed by atoms with E-state index in [1.807, 2.05) is 42.7 Å². The molecule has 0 aliphatic rings. The van der Waals surface area contributed by atoms with Crippen LogP contribution in [-0.2, 0) is 9.59 Å². The maximum absolute atomic E-state index is 12.7. The number of amides is 2. The van der Waals surface area contributed by atoms with Crippen molar-refractivity contribution in [2.75, 3.05) is 7.11 Å². The first kappa shape index (κ1) is 21.0. The van der Waals surface area contributed by atoms with E-state index >= 15 is 0 Å². The standard InChI is InChI=1S/C20H25N3O5/c1-11-10-17(14(4)23(11)15-6-8-16(28-5)9-7-15)19(25)21-12(2)18(24)22-13(3)20(26)27/h6-10,12-13H,1-5H3,(H,21,25)(H,22,24)(H,26,27). The van der Waals surface area contributed by atoms with Crippen LogP contribution in [0.4, 0.5) is 0 Å². The quantitative estimate of drug-likeness (QED) is 0.671. The van der Waals surface area contributed by atoms with Gasteiger partial charge < -0.3 is 25.0 Å². The highest BCUT2D eigenvalue weighted by Crippen LogP contribution is 2.22. The second-order valence-electron chi connectivity index (χ2n) is 6.58. The van der Waals surface area contributed by atoms with Crippen LogP contribution in [0.1, 0.15) is 35.6 Å². The molecule has 2 unspecified atom stereocenters. The third kappa shape index (κ3) is 4.51. The average molecular weight is 387 g/mol. The summed E-state index contributed by atoms with van der Waals surface area (Å²) in [4.78, 5) is 35.6. The molecule has 0 aliphatic heterocycles. The van der Waals surface area contributed by atoms with Gasteiger partial charge in [0.15, 0.2) is 0 Å². The molecule has 2 aromatic rings. The molecular weight excluding hydrogens is 362 g/mol. The summed E-state index contributed by atoms with van der Waals surface area (Å²) in [6, 6.07) is 7.30. The lowest BCUT2D eigenvalue weighted by molar-refractivity contribution is -0.141. The Bertz CT molecular complexity index is 886. The molecule has 1 aromatic heterocycles. The first-order valence-electron chi connectivity index (χ1n) is 8.83. The highest BCUT2D eigenvalue weighted by atomic mass is 16.5. The van der Waals surface area contributed by atoms with Crippen LogP contribution in [0.3, 0.4) is 0 Å². The number of methoxy groups -OCH3 is 1. The molecule has 8 nitrogen and oxygen atoms in total. The molecule has 150 valence electrons. The molecule has 0 radical (unpaired) electrons. The van der Waals surface area contributed by atoms with Crippen LogP contribution in [0.25, 0.3) is 5.69 Å². The van der Waals surface area contributed by atoms with Gasteiger partial charge in [-0.1, -0.05) is 0 Å². The molecule has 0 bridgehead atoms. The Morgan fingerprint density at radius 1 is 1.04 bits per heavy atom. The summed E-state index contributed by atoms with van der Waals surface area (Å²) in [7, 11) is 1.60. The van der Waals surface area contributed by atoms with Gasteiger partial charge in [0.2, 0.25) is 5.91 Å². The van der Waals surface area contributed by atoms with Crippen LogP contribution in [-0.4, -0.2) is 46.7 Å². The van der Waals surface area contributed by atoms with E-state index < -0.39 is 29.9 Å². The van der Waals surface area contributed by atoms with Gasteiger partial charge >= 0.3 is 5.97 Å². The van der Waals surface area contributed by atoms with Crippen molar-refractivity contribution in [2.45, 2.75) is 39.8 Å². The molecule has 0 fully saturated rings. The van der Waals surface area contributed by atoms with Gasteiger partial charge in [-0.3, -0.25) is 14.4 Å². The summed E-state index contributed by atoms with van der Waals surface area (Å²) >= 11 is 0. The smallest absolute Gasteiger partial charge is 0.325 e. The molecule has 3 N–H and O–H groups in total. The number of carbonyl (C=O) groups is 3. The predicted octanol–water partition coefficient (Wildman–Crippen LogP) is 1.81. The minimum absolute atomic E-state index is 0.404. The van der Waals surface area contributed by atoms with Gasteiger partial charge in [-0.2, -0.15) is 0 Å². The molecule has 0 saturated heterocycles. The van der Waals surface area contributed by atoms with E-state index in [1.54, 1.807) is 13.2 Å². The Hall–Kier alpha value is -3.29. The van der Waals surface area contributed by atoms with Crippen molar-refractivity contribution in [3.63, 3.8) is 0 Å². The van der Waals surface area contributed by atoms with Crippen LogP contribution >= 0.6 is 0 Å². The minimum Gasteiger partial charge on any atom is -0.497 e. The van der Waals surface area contributed by atoms with Gasteiger partial charge in [-0.05, 0) is 58.0 Å². The molecule has 8 heteroatoms. The molecule has 1 heterocycles. The van der Waals surface area contributed by atoms with Crippen molar-refractivity contribution >= 4 is 17.8 Å². The van der Waals surface area contributed by atoms with Gasteiger partial charge in [-0.15, -0.1) is 0 Å². The second kappa shape index (κ2) is 8.60. The molecule has 0 aliphatic carbocycles. The Labute approximate surface area is 163 Å². The zero-order chi connectivity index (χ0) is 21.0. The summed E-state index contributed by atoms with van der Waals surface area (Å²) < 4.78 is 7.11. The van der Waals surface area contributed by atoms with Gasteiger partial charge in [0, 0.05) is 17.1 Å². The largest absolute Gasteiger partial charge is 0.497 e. The number of carbonyl (C=O) groups excluding carboxylic acids is 2. The monoisotopic (exact) mass is 387 g/mol. The number of hydrogen-bond donors (Lipinski definition) is 3. The van der Waals surface area contributed by atoms with Crippen LogP contribution in [0.15, 0.2) is 30.3 Å². The fourth-order valence-corrected chi connectivity index (χ4v) is 2.86. The lowest BCUT2D eigenvalue weighted by Gasteiger charge is -2.16. The molecule has 0 spiro atoms. The van der Waals surface area contributed by atoms with E-state index in [-0.39, 0.29) is 0 Å². The minimum atomic E-state index is -1.14. The van der Waals surface area contributed by atoms with Crippen molar-refractivity contribution in [1.29, 1.82) is 0 Å². The number of ether oxygens (including phenoxy) is 1. The number of hydrogen-bond acceptors (Lipinski definition) is 4. The number of carboxylic acid groups (broad SMARTS) is 1. The number of aliphatic carboxylic acids is 1. The molecule has 2 rings (SSSR count). The Morgan fingerprint density at radius 2 is 1.64 bits per heavy atom. The fraction of sp³-hybridized carbons (Fsp3) is 0.350. The number of benzene rings is 1. The van der Waals surface area contributed by atoms with E-state index in [9.17, 15) is 14.4 Å². The SMILES string of the molecule is COc1ccc(-n2c(C)cc(C(=O)NC(C)C(=O)NC(C)C(=O)O)c2C)cc1. The lowest BCUT2D eigenvalue weighted by Crippen LogP contribution is -2.49. The van der Waals surface area contributed by atoms with Crippen molar-refractivity contribution in [3.8, 4) is 11.4 Å². The highest BCUT2D eigenvalue weighted by molar-refractivity contribution is 5.99. The fourth-order valence-electron chi connectivity index (χ4n) is 2.86. The number of aryl methyl sites for hydroxylation is 1. The van der Waals surface area contributed by atoms with E-state index in [0.29, 0.717) is 5.56 Å². The Kier molecular flexibility index (Phi) is 6.45. The first-order valence-corrected chi connectivity index (χ1v) is 8.83. The Balaban J connectivity index is 2.18. The third-order valence-electron chi connectivity index (χ3n) is 4.48. The maximum atomic E-state index is 12.7. The predicted molar refractivity (Wildman–Crippen MR) is 104 cm³/mol. The van der Waals surface area contributed by atoms with Crippen molar-refractivity contribution in [2.24, 2.45) is 0 Å². The molecular formula is C20H25N3O5. The molecule has 2 atom stereocenters. The molecule has 0 saturated carbocycles. The summed E-state index contributed by atoms with van der Waals surface area (Å²) in [6.07, 6.45) is 0.